The fourth-order valence-corrected chi connectivity index (χ4v) is 3.45. The summed E-state index contributed by atoms with van der Waals surface area (Å²) in [5.41, 5.74) is 3.10. The summed E-state index contributed by atoms with van der Waals surface area (Å²) in [6.45, 7) is 6.14. The van der Waals surface area contributed by atoms with E-state index in [9.17, 15) is 4.79 Å². The molecule has 3 rings (SSSR count). The number of para-hydroxylation sites is 1. The highest BCUT2D eigenvalue weighted by atomic mass is 16.5. The average Bonchev–Trinajstić information content (AvgIpc) is 2.60. The Morgan fingerprint density at radius 2 is 1.76 bits per heavy atom. The van der Waals surface area contributed by atoms with Crippen molar-refractivity contribution in [1.29, 1.82) is 0 Å². The monoisotopic (exact) mass is 337 g/mol. The molecule has 0 atom stereocenters. The molecule has 130 valence electrons. The molecule has 1 heterocycles. The van der Waals surface area contributed by atoms with Crippen LogP contribution in [-0.4, -0.2) is 25.7 Å². The van der Waals surface area contributed by atoms with Crippen LogP contribution in [0.1, 0.15) is 36.7 Å². The first-order chi connectivity index (χ1) is 11.9. The van der Waals surface area contributed by atoms with Crippen molar-refractivity contribution in [1.82, 2.24) is 0 Å². The van der Waals surface area contributed by atoms with Gasteiger partial charge in [-0.25, -0.2) is 0 Å². The third kappa shape index (κ3) is 2.88. The molecule has 0 spiro atoms. The smallest absolute Gasteiger partial charge is 0.262 e. The number of carbonyl (C=O) groups excluding carboxylic acids is 1. The molecule has 2 aromatic rings. The topological polar surface area (TPSA) is 38.8 Å². The lowest BCUT2D eigenvalue weighted by atomic mass is 9.88. The molecular formula is C21H23NO3. The predicted octanol–water partition coefficient (Wildman–Crippen LogP) is 4.55. The fraction of sp³-hybridized carbons (Fsp3) is 0.286. The van der Waals surface area contributed by atoms with Crippen LogP contribution in [0.2, 0.25) is 0 Å². The summed E-state index contributed by atoms with van der Waals surface area (Å²) in [7, 11) is 3.22. The Labute approximate surface area is 148 Å². The average molecular weight is 337 g/mol. The van der Waals surface area contributed by atoms with Crippen LogP contribution in [0, 0.1) is 0 Å². The van der Waals surface area contributed by atoms with E-state index in [1.165, 1.54) is 0 Å². The number of allylic oxidation sites excluding steroid dienone is 1. The van der Waals surface area contributed by atoms with Gasteiger partial charge in [0.05, 0.1) is 31.0 Å². The standard InChI is InChI=1S/C21H23NO3/c1-14-13-21(2,3)22(18-11-10-15(24-4)12-17(14)18)20(23)16-8-6-7-9-19(16)25-5/h6-13H,1-5H3. The van der Waals surface area contributed by atoms with Crippen molar-refractivity contribution < 1.29 is 14.3 Å². The normalized spacial score (nSPS) is 15.2. The first-order valence-corrected chi connectivity index (χ1v) is 8.24. The molecule has 0 aromatic heterocycles. The molecule has 4 nitrogen and oxygen atoms in total. The number of methoxy groups -OCH3 is 2. The highest BCUT2D eigenvalue weighted by Gasteiger charge is 2.37. The predicted molar refractivity (Wildman–Crippen MR) is 101 cm³/mol. The minimum absolute atomic E-state index is 0.0855. The van der Waals surface area contributed by atoms with E-state index in [1.807, 2.05) is 49.1 Å². The summed E-state index contributed by atoms with van der Waals surface area (Å²) >= 11 is 0. The lowest BCUT2D eigenvalue weighted by Crippen LogP contribution is -2.49. The SMILES string of the molecule is COc1ccc2c(c1)C(C)=CC(C)(C)N2C(=O)c1ccccc1OC. The number of benzene rings is 2. The van der Waals surface area contributed by atoms with Crippen molar-refractivity contribution in [3.05, 3.63) is 59.7 Å². The van der Waals surface area contributed by atoms with Gasteiger partial charge < -0.3 is 9.47 Å². The highest BCUT2D eigenvalue weighted by Crippen LogP contribution is 2.41. The van der Waals surface area contributed by atoms with Gasteiger partial charge in [0, 0.05) is 5.56 Å². The number of hydrogen-bond acceptors (Lipinski definition) is 3. The molecule has 2 aromatic carbocycles. The minimum Gasteiger partial charge on any atom is -0.497 e. The van der Waals surface area contributed by atoms with Gasteiger partial charge in [-0.2, -0.15) is 0 Å². The van der Waals surface area contributed by atoms with Crippen LogP contribution in [0.25, 0.3) is 5.57 Å². The molecular weight excluding hydrogens is 314 g/mol. The number of amides is 1. The van der Waals surface area contributed by atoms with E-state index < -0.39 is 5.54 Å². The third-order valence-corrected chi connectivity index (χ3v) is 4.56. The fourth-order valence-electron chi connectivity index (χ4n) is 3.45. The number of anilines is 1. The maximum absolute atomic E-state index is 13.4. The molecule has 0 fully saturated rings. The second kappa shape index (κ2) is 6.28. The summed E-state index contributed by atoms with van der Waals surface area (Å²) in [6.07, 6.45) is 2.11. The second-order valence-electron chi connectivity index (χ2n) is 6.70. The highest BCUT2D eigenvalue weighted by molar-refractivity contribution is 6.11. The number of rotatable bonds is 3. The lowest BCUT2D eigenvalue weighted by molar-refractivity contribution is 0.0967. The van der Waals surface area contributed by atoms with E-state index in [4.69, 9.17) is 9.47 Å². The summed E-state index contributed by atoms with van der Waals surface area (Å²) in [4.78, 5) is 15.2. The molecule has 1 aliphatic rings. The molecule has 0 aliphatic carbocycles. The Morgan fingerprint density at radius 1 is 1.04 bits per heavy atom. The van der Waals surface area contributed by atoms with Gasteiger partial charge in [0.15, 0.2) is 0 Å². The quantitative estimate of drug-likeness (QED) is 0.825. The van der Waals surface area contributed by atoms with Crippen molar-refractivity contribution in [3.8, 4) is 11.5 Å². The van der Waals surface area contributed by atoms with Gasteiger partial charge in [0.2, 0.25) is 0 Å². The van der Waals surface area contributed by atoms with Crippen LogP contribution in [0.5, 0.6) is 11.5 Å². The van der Waals surface area contributed by atoms with Crippen molar-refractivity contribution in [2.75, 3.05) is 19.1 Å². The van der Waals surface area contributed by atoms with Crippen molar-refractivity contribution in [2.45, 2.75) is 26.3 Å². The van der Waals surface area contributed by atoms with Crippen LogP contribution in [0.15, 0.2) is 48.5 Å². The molecule has 0 bridgehead atoms. The van der Waals surface area contributed by atoms with E-state index in [0.717, 1.165) is 22.6 Å². The van der Waals surface area contributed by atoms with Crippen molar-refractivity contribution in [3.63, 3.8) is 0 Å². The summed E-state index contributed by atoms with van der Waals surface area (Å²) in [5, 5.41) is 0. The number of nitrogens with zero attached hydrogens (tertiary/aromatic N) is 1. The number of hydrogen-bond donors (Lipinski definition) is 0. The van der Waals surface area contributed by atoms with Gasteiger partial charge in [0.25, 0.3) is 5.91 Å². The van der Waals surface area contributed by atoms with Crippen LogP contribution in [0.3, 0.4) is 0 Å². The zero-order chi connectivity index (χ0) is 18.2. The molecule has 1 aliphatic heterocycles. The van der Waals surface area contributed by atoms with Gasteiger partial charge in [-0.3, -0.25) is 9.69 Å². The largest absolute Gasteiger partial charge is 0.497 e. The summed E-state index contributed by atoms with van der Waals surface area (Å²) in [6, 6.07) is 13.1. The van der Waals surface area contributed by atoms with E-state index in [2.05, 4.69) is 13.0 Å². The number of fused-ring (bicyclic) bond motifs is 1. The number of carbonyl (C=O) groups is 1. The van der Waals surface area contributed by atoms with Crippen molar-refractivity contribution in [2.24, 2.45) is 0 Å². The Bertz CT molecular complexity index is 852. The Morgan fingerprint density at radius 3 is 2.44 bits per heavy atom. The van der Waals surface area contributed by atoms with Crippen LogP contribution in [-0.2, 0) is 0 Å². The Kier molecular flexibility index (Phi) is 4.29. The van der Waals surface area contributed by atoms with Gasteiger partial charge >= 0.3 is 0 Å². The minimum atomic E-state index is -0.455. The first kappa shape index (κ1) is 17.1. The second-order valence-corrected chi connectivity index (χ2v) is 6.70. The molecule has 0 saturated heterocycles. The van der Waals surface area contributed by atoms with Crippen molar-refractivity contribution >= 4 is 17.2 Å². The molecule has 0 N–H and O–H groups in total. The van der Waals surface area contributed by atoms with Crippen LogP contribution in [0.4, 0.5) is 5.69 Å². The van der Waals surface area contributed by atoms with E-state index >= 15 is 0 Å². The molecule has 25 heavy (non-hydrogen) atoms. The zero-order valence-corrected chi connectivity index (χ0v) is 15.3. The van der Waals surface area contributed by atoms with E-state index in [-0.39, 0.29) is 5.91 Å². The molecule has 1 amide bonds. The van der Waals surface area contributed by atoms with Gasteiger partial charge in [-0.1, -0.05) is 18.2 Å². The van der Waals surface area contributed by atoms with E-state index in [1.54, 1.807) is 26.4 Å². The maximum Gasteiger partial charge on any atom is 0.262 e. The summed E-state index contributed by atoms with van der Waals surface area (Å²) in [5.74, 6) is 1.26. The Balaban J connectivity index is 2.17. The molecule has 0 unspecified atom stereocenters. The van der Waals surface area contributed by atoms with Gasteiger partial charge in [-0.05, 0) is 56.7 Å². The van der Waals surface area contributed by atoms with Gasteiger partial charge in [0.1, 0.15) is 11.5 Å². The first-order valence-electron chi connectivity index (χ1n) is 8.24. The zero-order valence-electron chi connectivity index (χ0n) is 15.3. The lowest BCUT2D eigenvalue weighted by Gasteiger charge is -2.41. The molecule has 0 radical (unpaired) electrons. The maximum atomic E-state index is 13.4. The number of ether oxygens (including phenoxy) is 2. The molecule has 0 saturated carbocycles. The van der Waals surface area contributed by atoms with Crippen LogP contribution < -0.4 is 14.4 Å². The third-order valence-electron chi connectivity index (χ3n) is 4.56. The Hall–Kier alpha value is -2.75. The van der Waals surface area contributed by atoms with Gasteiger partial charge in [-0.15, -0.1) is 0 Å². The summed E-state index contributed by atoms with van der Waals surface area (Å²) < 4.78 is 10.7. The van der Waals surface area contributed by atoms with Crippen LogP contribution >= 0.6 is 0 Å². The van der Waals surface area contributed by atoms with E-state index in [0.29, 0.717) is 11.3 Å². The molecule has 4 heteroatoms.